The summed E-state index contributed by atoms with van der Waals surface area (Å²) in [6.45, 7) is 1.63. The molecule has 0 aliphatic heterocycles. The number of halogens is 1. The molecule has 0 saturated carbocycles. The molecule has 1 aromatic carbocycles. The van der Waals surface area contributed by atoms with E-state index in [1.54, 1.807) is 0 Å². The van der Waals surface area contributed by atoms with Gasteiger partial charge in [-0.15, -0.1) is 0 Å². The topological polar surface area (TPSA) is 80.3 Å². The molecule has 7 nitrogen and oxygen atoms in total. The summed E-state index contributed by atoms with van der Waals surface area (Å²) in [5.74, 6) is -0.952. The highest BCUT2D eigenvalue weighted by molar-refractivity contribution is 5.75. The lowest BCUT2D eigenvalue weighted by molar-refractivity contribution is -0.146. The van der Waals surface area contributed by atoms with Gasteiger partial charge in [0.1, 0.15) is 19.5 Å². The van der Waals surface area contributed by atoms with E-state index < -0.39 is 11.8 Å². The van der Waals surface area contributed by atoms with Crippen molar-refractivity contribution in [3.05, 3.63) is 29.6 Å². The minimum atomic E-state index is -0.532. The minimum absolute atomic E-state index is 0.0159. The Bertz CT molecular complexity index is 507. The molecule has 0 aliphatic rings. The van der Waals surface area contributed by atoms with E-state index in [2.05, 4.69) is 4.74 Å². The van der Waals surface area contributed by atoms with Crippen LogP contribution in [0, 0.1) is 5.82 Å². The standard InChI is InChI=1S/C16H21FO7/c1-20-16(19)12-23-7-6-21-4-5-22-8-9-24-15-10-13(11-18)2-3-14(15)17/h2-3,10-11H,4-9,12H2,1H3. The Morgan fingerprint density at radius 1 is 1.04 bits per heavy atom. The summed E-state index contributed by atoms with van der Waals surface area (Å²) in [5, 5.41) is 0. The van der Waals surface area contributed by atoms with Gasteiger partial charge in [-0.05, 0) is 18.2 Å². The third kappa shape index (κ3) is 8.56. The van der Waals surface area contributed by atoms with Gasteiger partial charge in [-0.25, -0.2) is 9.18 Å². The molecule has 0 bridgehead atoms. The number of aldehydes is 1. The zero-order valence-electron chi connectivity index (χ0n) is 13.5. The van der Waals surface area contributed by atoms with Crippen LogP contribution in [0.25, 0.3) is 0 Å². The van der Waals surface area contributed by atoms with Crippen LogP contribution in [-0.2, 0) is 23.7 Å². The Hall–Kier alpha value is -2.03. The van der Waals surface area contributed by atoms with Gasteiger partial charge in [0.25, 0.3) is 0 Å². The Morgan fingerprint density at radius 3 is 2.29 bits per heavy atom. The maximum absolute atomic E-state index is 13.4. The molecule has 0 aliphatic carbocycles. The quantitative estimate of drug-likeness (QED) is 0.302. The molecule has 0 atom stereocenters. The molecule has 1 aromatic rings. The van der Waals surface area contributed by atoms with Gasteiger partial charge in [-0.1, -0.05) is 0 Å². The SMILES string of the molecule is COC(=O)COCCOCCOCCOc1cc(C=O)ccc1F. The Labute approximate surface area is 139 Å². The smallest absolute Gasteiger partial charge is 0.331 e. The highest BCUT2D eigenvalue weighted by Gasteiger charge is 2.04. The fourth-order valence-corrected chi connectivity index (χ4v) is 1.57. The summed E-state index contributed by atoms with van der Waals surface area (Å²) < 4.78 is 38.5. The normalized spacial score (nSPS) is 10.4. The van der Waals surface area contributed by atoms with E-state index in [0.717, 1.165) is 0 Å². The molecule has 0 amide bonds. The van der Waals surface area contributed by atoms with Gasteiger partial charge in [0, 0.05) is 5.56 Å². The van der Waals surface area contributed by atoms with E-state index in [1.165, 1.54) is 25.3 Å². The molecule has 0 spiro atoms. The lowest BCUT2D eigenvalue weighted by Gasteiger charge is -2.09. The van der Waals surface area contributed by atoms with Crippen LogP contribution < -0.4 is 4.74 Å². The van der Waals surface area contributed by atoms with Gasteiger partial charge in [0.15, 0.2) is 11.6 Å². The van der Waals surface area contributed by atoms with Crippen molar-refractivity contribution < 1.29 is 37.7 Å². The molecule has 0 fully saturated rings. The van der Waals surface area contributed by atoms with Crippen LogP contribution in [0.2, 0.25) is 0 Å². The second-order valence-electron chi connectivity index (χ2n) is 4.51. The molecule has 8 heteroatoms. The lowest BCUT2D eigenvalue weighted by atomic mass is 10.2. The van der Waals surface area contributed by atoms with Crippen LogP contribution >= 0.6 is 0 Å². The molecular weight excluding hydrogens is 323 g/mol. The van der Waals surface area contributed by atoms with Crippen molar-refractivity contribution in [2.24, 2.45) is 0 Å². The number of esters is 1. The number of hydrogen-bond acceptors (Lipinski definition) is 7. The monoisotopic (exact) mass is 344 g/mol. The Kier molecular flexibility index (Phi) is 10.3. The average molecular weight is 344 g/mol. The summed E-state index contributed by atoms with van der Waals surface area (Å²) in [4.78, 5) is 21.4. The van der Waals surface area contributed by atoms with Crippen molar-refractivity contribution in [2.45, 2.75) is 0 Å². The number of carbonyl (C=O) groups is 2. The summed E-state index contributed by atoms with van der Waals surface area (Å²) in [6, 6.07) is 3.88. The van der Waals surface area contributed by atoms with Crippen molar-refractivity contribution in [1.82, 2.24) is 0 Å². The van der Waals surface area contributed by atoms with Gasteiger partial charge in [0.2, 0.25) is 0 Å². The van der Waals surface area contributed by atoms with Crippen molar-refractivity contribution in [2.75, 3.05) is 53.4 Å². The van der Waals surface area contributed by atoms with Crippen molar-refractivity contribution in [3.63, 3.8) is 0 Å². The van der Waals surface area contributed by atoms with Gasteiger partial charge < -0.3 is 23.7 Å². The summed E-state index contributed by atoms with van der Waals surface area (Å²) in [7, 11) is 1.29. The molecule has 1 rings (SSSR count). The number of hydrogen-bond donors (Lipinski definition) is 0. The number of rotatable bonds is 13. The highest BCUT2D eigenvalue weighted by Crippen LogP contribution is 2.17. The van der Waals surface area contributed by atoms with E-state index in [9.17, 15) is 14.0 Å². The largest absolute Gasteiger partial charge is 0.488 e. The third-order valence-corrected chi connectivity index (χ3v) is 2.77. The molecule has 0 saturated heterocycles. The molecule has 24 heavy (non-hydrogen) atoms. The molecule has 0 unspecified atom stereocenters. The zero-order chi connectivity index (χ0) is 17.6. The van der Waals surface area contributed by atoms with Crippen molar-refractivity contribution in [3.8, 4) is 5.75 Å². The van der Waals surface area contributed by atoms with Gasteiger partial charge in [-0.2, -0.15) is 0 Å². The second-order valence-corrected chi connectivity index (χ2v) is 4.51. The number of benzene rings is 1. The van der Waals surface area contributed by atoms with Crippen LogP contribution in [0.5, 0.6) is 5.75 Å². The average Bonchev–Trinajstić information content (AvgIpc) is 2.60. The molecule has 0 N–H and O–H groups in total. The van der Waals surface area contributed by atoms with Gasteiger partial charge >= 0.3 is 5.97 Å². The zero-order valence-corrected chi connectivity index (χ0v) is 13.5. The minimum Gasteiger partial charge on any atom is -0.488 e. The fraction of sp³-hybridized carbons (Fsp3) is 0.500. The first-order valence-corrected chi connectivity index (χ1v) is 7.35. The van der Waals surface area contributed by atoms with Crippen LogP contribution in [0.3, 0.4) is 0 Å². The maximum Gasteiger partial charge on any atom is 0.331 e. The highest BCUT2D eigenvalue weighted by atomic mass is 19.1. The summed E-state index contributed by atoms with van der Waals surface area (Å²) in [5.41, 5.74) is 0.343. The van der Waals surface area contributed by atoms with Crippen LogP contribution in [0.1, 0.15) is 10.4 Å². The molecule has 134 valence electrons. The Morgan fingerprint density at radius 2 is 1.67 bits per heavy atom. The molecule has 0 aromatic heterocycles. The van der Waals surface area contributed by atoms with E-state index in [-0.39, 0.29) is 32.2 Å². The van der Waals surface area contributed by atoms with E-state index in [4.69, 9.17) is 18.9 Å². The van der Waals surface area contributed by atoms with Crippen LogP contribution in [-0.4, -0.2) is 65.6 Å². The third-order valence-electron chi connectivity index (χ3n) is 2.77. The fourth-order valence-electron chi connectivity index (χ4n) is 1.57. The number of carbonyl (C=O) groups excluding carboxylic acids is 2. The summed E-state index contributed by atoms with van der Waals surface area (Å²) >= 11 is 0. The van der Waals surface area contributed by atoms with Crippen LogP contribution in [0.15, 0.2) is 18.2 Å². The first-order valence-electron chi connectivity index (χ1n) is 7.35. The lowest BCUT2D eigenvalue weighted by Crippen LogP contribution is -2.15. The molecule has 0 heterocycles. The van der Waals surface area contributed by atoms with E-state index >= 15 is 0 Å². The first kappa shape index (κ1) is 20.0. The van der Waals surface area contributed by atoms with Gasteiger partial charge in [0.05, 0.1) is 40.1 Å². The van der Waals surface area contributed by atoms with Gasteiger partial charge in [-0.3, -0.25) is 4.79 Å². The van der Waals surface area contributed by atoms with E-state index in [0.29, 0.717) is 31.7 Å². The number of methoxy groups -OCH3 is 1. The maximum atomic E-state index is 13.4. The van der Waals surface area contributed by atoms with Crippen LogP contribution in [0.4, 0.5) is 4.39 Å². The van der Waals surface area contributed by atoms with Crippen molar-refractivity contribution >= 4 is 12.3 Å². The Balaban J connectivity index is 1.97. The first-order chi connectivity index (χ1) is 11.7. The predicted molar refractivity (Wildman–Crippen MR) is 81.8 cm³/mol. The molecule has 0 radical (unpaired) electrons. The second kappa shape index (κ2) is 12.4. The molecular formula is C16H21FO7. The van der Waals surface area contributed by atoms with Crippen molar-refractivity contribution in [1.29, 1.82) is 0 Å². The van der Waals surface area contributed by atoms with E-state index in [1.807, 2.05) is 0 Å². The predicted octanol–water partition coefficient (Wildman–Crippen LogP) is 1.24. The summed E-state index contributed by atoms with van der Waals surface area (Å²) in [6.07, 6.45) is 0.620. The number of ether oxygens (including phenoxy) is 5.